The molecule has 0 saturated carbocycles. The molecule has 2 amide bonds. The highest BCUT2D eigenvalue weighted by molar-refractivity contribution is 6.17. The smallest absolute Gasteiger partial charge is 0.264 e. The highest BCUT2D eigenvalue weighted by Crippen LogP contribution is 2.33. The number of amides is 2. The van der Waals surface area contributed by atoms with Crippen LogP contribution in [-0.2, 0) is 14.3 Å². The molecule has 0 aliphatic carbocycles. The number of hydrogen-bond donors (Lipinski definition) is 0. The third kappa shape index (κ3) is 2.14. The fraction of sp³-hybridized carbons (Fsp3) is 0.769. The van der Waals surface area contributed by atoms with Gasteiger partial charge < -0.3 is 9.64 Å². The third-order valence-electron chi connectivity index (χ3n) is 4.13. The van der Waals surface area contributed by atoms with Crippen LogP contribution < -0.4 is 0 Å². The number of carbonyl (C=O) groups excluding carboxylic acids is 2. The second kappa shape index (κ2) is 5.28. The van der Waals surface area contributed by atoms with E-state index in [0.717, 1.165) is 0 Å². The van der Waals surface area contributed by atoms with Crippen molar-refractivity contribution in [3.05, 3.63) is 0 Å². The minimum atomic E-state index is -0.968. The molecule has 0 bridgehead atoms. The van der Waals surface area contributed by atoms with Gasteiger partial charge in [-0.1, -0.05) is 13.8 Å². The lowest BCUT2D eigenvalue weighted by atomic mass is 9.79. The SMILES string of the molecule is CCC1(CC)C(=O)N=C(N2CCOCC2)N(C)C1=O. The van der Waals surface area contributed by atoms with Gasteiger partial charge in [0.2, 0.25) is 11.9 Å². The normalized spacial score (nSPS) is 23.6. The Morgan fingerprint density at radius 1 is 1.21 bits per heavy atom. The van der Waals surface area contributed by atoms with Gasteiger partial charge in [0.15, 0.2) is 0 Å². The molecule has 2 heterocycles. The summed E-state index contributed by atoms with van der Waals surface area (Å²) < 4.78 is 5.28. The van der Waals surface area contributed by atoms with Gasteiger partial charge in [-0.05, 0) is 12.8 Å². The average molecular weight is 267 g/mol. The van der Waals surface area contributed by atoms with Gasteiger partial charge in [-0.25, -0.2) is 0 Å². The summed E-state index contributed by atoms with van der Waals surface area (Å²) in [6, 6.07) is 0. The number of hydrogen-bond acceptors (Lipinski definition) is 4. The van der Waals surface area contributed by atoms with E-state index in [-0.39, 0.29) is 11.8 Å². The van der Waals surface area contributed by atoms with Crippen LogP contribution in [0.3, 0.4) is 0 Å². The van der Waals surface area contributed by atoms with Crippen LogP contribution in [0.1, 0.15) is 26.7 Å². The highest BCUT2D eigenvalue weighted by Gasteiger charge is 2.49. The maximum Gasteiger partial charge on any atom is 0.264 e. The number of carbonyl (C=O) groups is 2. The molecule has 0 radical (unpaired) electrons. The van der Waals surface area contributed by atoms with Gasteiger partial charge in [-0.3, -0.25) is 14.5 Å². The first-order valence-corrected chi connectivity index (χ1v) is 6.80. The summed E-state index contributed by atoms with van der Waals surface area (Å²) in [5.41, 5.74) is -0.968. The Kier molecular flexibility index (Phi) is 3.89. The molecule has 2 aliphatic rings. The van der Waals surface area contributed by atoms with E-state index in [0.29, 0.717) is 45.1 Å². The quantitative estimate of drug-likeness (QED) is 0.683. The van der Waals surface area contributed by atoms with E-state index >= 15 is 0 Å². The van der Waals surface area contributed by atoms with E-state index < -0.39 is 5.41 Å². The number of guanidine groups is 1. The van der Waals surface area contributed by atoms with Gasteiger partial charge in [-0.15, -0.1) is 0 Å². The Morgan fingerprint density at radius 3 is 2.32 bits per heavy atom. The molecule has 0 N–H and O–H groups in total. The first-order chi connectivity index (χ1) is 9.06. The molecule has 0 spiro atoms. The summed E-state index contributed by atoms with van der Waals surface area (Å²) in [6.07, 6.45) is 0.983. The van der Waals surface area contributed by atoms with Crippen molar-refractivity contribution in [3.63, 3.8) is 0 Å². The van der Waals surface area contributed by atoms with Gasteiger partial charge in [-0.2, -0.15) is 4.99 Å². The van der Waals surface area contributed by atoms with E-state index in [9.17, 15) is 9.59 Å². The van der Waals surface area contributed by atoms with Crippen LogP contribution in [0.5, 0.6) is 0 Å². The van der Waals surface area contributed by atoms with Crippen molar-refractivity contribution >= 4 is 17.8 Å². The maximum absolute atomic E-state index is 12.5. The summed E-state index contributed by atoms with van der Waals surface area (Å²) in [7, 11) is 1.70. The Hall–Kier alpha value is -1.43. The standard InChI is InChI=1S/C13H21N3O3/c1-4-13(5-2)10(17)14-12(15(3)11(13)18)16-6-8-19-9-7-16/h4-9H2,1-3H3. The highest BCUT2D eigenvalue weighted by atomic mass is 16.5. The lowest BCUT2D eigenvalue weighted by Gasteiger charge is -2.40. The molecular weight excluding hydrogens is 246 g/mol. The van der Waals surface area contributed by atoms with Crippen molar-refractivity contribution in [2.24, 2.45) is 10.4 Å². The second-order valence-corrected chi connectivity index (χ2v) is 4.97. The molecule has 1 saturated heterocycles. The van der Waals surface area contributed by atoms with Crippen LogP contribution in [0.4, 0.5) is 0 Å². The average Bonchev–Trinajstić information content (AvgIpc) is 2.45. The molecule has 0 atom stereocenters. The van der Waals surface area contributed by atoms with Crippen molar-refractivity contribution in [3.8, 4) is 0 Å². The lowest BCUT2D eigenvalue weighted by molar-refractivity contribution is -0.148. The molecular formula is C13H21N3O3. The zero-order chi connectivity index (χ0) is 14.0. The minimum absolute atomic E-state index is 0.140. The Labute approximate surface area is 113 Å². The van der Waals surface area contributed by atoms with Crippen molar-refractivity contribution in [1.29, 1.82) is 0 Å². The summed E-state index contributed by atoms with van der Waals surface area (Å²) in [6.45, 7) is 6.25. The number of rotatable bonds is 2. The largest absolute Gasteiger partial charge is 0.378 e. The van der Waals surface area contributed by atoms with E-state index in [1.165, 1.54) is 4.90 Å². The van der Waals surface area contributed by atoms with Crippen molar-refractivity contribution in [2.75, 3.05) is 33.4 Å². The van der Waals surface area contributed by atoms with Crippen LogP contribution in [0, 0.1) is 5.41 Å². The van der Waals surface area contributed by atoms with Gasteiger partial charge in [0.1, 0.15) is 5.41 Å². The van der Waals surface area contributed by atoms with Gasteiger partial charge in [0, 0.05) is 20.1 Å². The zero-order valence-electron chi connectivity index (χ0n) is 11.8. The molecule has 106 valence electrons. The summed E-state index contributed by atoms with van der Waals surface area (Å²) in [5.74, 6) is 0.0249. The molecule has 19 heavy (non-hydrogen) atoms. The Balaban J connectivity index is 2.32. The van der Waals surface area contributed by atoms with Gasteiger partial charge >= 0.3 is 0 Å². The van der Waals surface area contributed by atoms with Crippen molar-refractivity contribution in [2.45, 2.75) is 26.7 Å². The van der Waals surface area contributed by atoms with E-state index in [1.54, 1.807) is 7.05 Å². The topological polar surface area (TPSA) is 62.2 Å². The summed E-state index contributed by atoms with van der Waals surface area (Å²) in [5, 5.41) is 0. The molecule has 2 rings (SSSR count). The summed E-state index contributed by atoms with van der Waals surface area (Å²) >= 11 is 0. The van der Waals surface area contributed by atoms with E-state index in [2.05, 4.69) is 4.99 Å². The Morgan fingerprint density at radius 2 is 1.79 bits per heavy atom. The van der Waals surface area contributed by atoms with Crippen LogP contribution in [0.2, 0.25) is 0 Å². The van der Waals surface area contributed by atoms with E-state index in [4.69, 9.17) is 4.74 Å². The van der Waals surface area contributed by atoms with Crippen LogP contribution in [0.25, 0.3) is 0 Å². The number of morpholine rings is 1. The Bertz CT molecular complexity index is 409. The first-order valence-electron chi connectivity index (χ1n) is 6.80. The third-order valence-corrected chi connectivity index (χ3v) is 4.13. The van der Waals surface area contributed by atoms with Crippen molar-refractivity contribution in [1.82, 2.24) is 9.80 Å². The molecule has 0 aromatic rings. The molecule has 6 heteroatoms. The molecule has 0 aromatic carbocycles. The first kappa shape index (κ1) is 14.0. The molecule has 6 nitrogen and oxygen atoms in total. The van der Waals surface area contributed by atoms with E-state index in [1.807, 2.05) is 18.7 Å². The van der Waals surface area contributed by atoms with Gasteiger partial charge in [0.25, 0.3) is 5.91 Å². The number of nitrogens with zero attached hydrogens (tertiary/aromatic N) is 3. The lowest BCUT2D eigenvalue weighted by Crippen LogP contribution is -2.58. The van der Waals surface area contributed by atoms with Gasteiger partial charge in [0.05, 0.1) is 13.2 Å². The molecule has 0 aromatic heterocycles. The van der Waals surface area contributed by atoms with Crippen LogP contribution in [0.15, 0.2) is 4.99 Å². The fourth-order valence-electron chi connectivity index (χ4n) is 2.68. The van der Waals surface area contributed by atoms with Crippen molar-refractivity contribution < 1.29 is 14.3 Å². The number of ether oxygens (including phenoxy) is 1. The monoisotopic (exact) mass is 267 g/mol. The summed E-state index contributed by atoms with van der Waals surface area (Å²) in [4.78, 5) is 32.5. The predicted molar refractivity (Wildman–Crippen MR) is 70.6 cm³/mol. The second-order valence-electron chi connectivity index (χ2n) is 4.97. The van der Waals surface area contributed by atoms with Crippen LogP contribution >= 0.6 is 0 Å². The minimum Gasteiger partial charge on any atom is -0.378 e. The maximum atomic E-state index is 12.5. The molecule has 2 aliphatic heterocycles. The fourth-order valence-corrected chi connectivity index (χ4v) is 2.68. The molecule has 0 unspecified atom stereocenters. The predicted octanol–water partition coefficient (Wildman–Crippen LogP) is 0.480. The number of aliphatic imine (C=N–C) groups is 1. The van der Waals surface area contributed by atoms with Crippen LogP contribution in [-0.4, -0.2) is 60.9 Å². The molecule has 1 fully saturated rings. The zero-order valence-corrected chi connectivity index (χ0v) is 11.8.